The average Bonchev–Trinajstić information content (AvgIpc) is 2.11. The van der Waals surface area contributed by atoms with Gasteiger partial charge in [-0.3, -0.25) is 19.7 Å². The molecular weight excluding hydrogens is 186 g/mol. The molecular formula is C9H13NO4. The van der Waals surface area contributed by atoms with Gasteiger partial charge in [-0.05, 0) is 13.3 Å². The lowest BCUT2D eigenvalue weighted by molar-refractivity contribution is -0.482. The SMILES string of the molecule is CC1(CC[N+](=O)[O-])C(=O)CCCC1=O. The summed E-state index contributed by atoms with van der Waals surface area (Å²) in [6.45, 7) is 1.22. The van der Waals surface area contributed by atoms with Gasteiger partial charge in [0.1, 0.15) is 11.6 Å². The van der Waals surface area contributed by atoms with E-state index in [0.29, 0.717) is 19.3 Å². The summed E-state index contributed by atoms with van der Waals surface area (Å²) in [5.74, 6) is -0.286. The molecule has 1 fully saturated rings. The number of nitro groups is 1. The second-order valence-electron chi connectivity index (χ2n) is 3.84. The Hall–Kier alpha value is -1.26. The normalized spacial score (nSPS) is 20.9. The van der Waals surface area contributed by atoms with Gasteiger partial charge in [0, 0.05) is 24.2 Å². The van der Waals surface area contributed by atoms with Crippen molar-refractivity contribution in [3.8, 4) is 0 Å². The van der Waals surface area contributed by atoms with E-state index >= 15 is 0 Å². The van der Waals surface area contributed by atoms with E-state index in [2.05, 4.69) is 0 Å². The fraction of sp³-hybridized carbons (Fsp3) is 0.778. The molecule has 0 aromatic rings. The minimum atomic E-state index is -1.09. The summed E-state index contributed by atoms with van der Waals surface area (Å²) in [6.07, 6.45) is 1.38. The zero-order valence-corrected chi connectivity index (χ0v) is 8.12. The third-order valence-electron chi connectivity index (χ3n) is 2.83. The van der Waals surface area contributed by atoms with Crippen molar-refractivity contribution in [2.75, 3.05) is 6.54 Å². The molecule has 0 unspecified atom stereocenters. The van der Waals surface area contributed by atoms with Crippen LogP contribution in [0.15, 0.2) is 0 Å². The minimum Gasteiger partial charge on any atom is -0.299 e. The summed E-state index contributed by atoms with van der Waals surface area (Å²) in [4.78, 5) is 32.7. The first-order valence-electron chi connectivity index (χ1n) is 4.65. The molecule has 0 aromatic heterocycles. The second-order valence-corrected chi connectivity index (χ2v) is 3.84. The van der Waals surface area contributed by atoms with Crippen molar-refractivity contribution >= 4 is 11.6 Å². The average molecular weight is 199 g/mol. The van der Waals surface area contributed by atoms with Gasteiger partial charge in [-0.25, -0.2) is 0 Å². The van der Waals surface area contributed by atoms with Crippen LogP contribution < -0.4 is 0 Å². The maximum Gasteiger partial charge on any atom is 0.205 e. The zero-order valence-electron chi connectivity index (χ0n) is 8.12. The van der Waals surface area contributed by atoms with E-state index in [1.807, 2.05) is 0 Å². The molecule has 0 spiro atoms. The molecule has 14 heavy (non-hydrogen) atoms. The molecule has 1 saturated carbocycles. The Bertz CT molecular complexity index is 269. The van der Waals surface area contributed by atoms with Crippen LogP contribution in [0.1, 0.15) is 32.6 Å². The highest BCUT2D eigenvalue weighted by atomic mass is 16.6. The fourth-order valence-electron chi connectivity index (χ4n) is 1.71. The molecule has 1 aliphatic rings. The maximum absolute atomic E-state index is 11.5. The van der Waals surface area contributed by atoms with E-state index in [9.17, 15) is 19.7 Å². The Morgan fingerprint density at radius 3 is 2.29 bits per heavy atom. The lowest BCUT2D eigenvalue weighted by atomic mass is 9.71. The van der Waals surface area contributed by atoms with Gasteiger partial charge in [0.15, 0.2) is 0 Å². The van der Waals surface area contributed by atoms with Crippen molar-refractivity contribution in [3.05, 3.63) is 10.1 Å². The third kappa shape index (κ3) is 1.97. The van der Waals surface area contributed by atoms with Crippen molar-refractivity contribution in [2.24, 2.45) is 5.41 Å². The van der Waals surface area contributed by atoms with Gasteiger partial charge in [0.05, 0.1) is 5.41 Å². The Labute approximate surface area is 81.6 Å². The summed E-state index contributed by atoms with van der Waals surface area (Å²) in [6, 6.07) is 0. The van der Waals surface area contributed by atoms with Crippen LogP contribution in [0.5, 0.6) is 0 Å². The lowest BCUT2D eigenvalue weighted by Gasteiger charge is -2.28. The number of ketones is 2. The van der Waals surface area contributed by atoms with E-state index in [1.54, 1.807) is 0 Å². The number of nitrogens with zero attached hydrogens (tertiary/aromatic N) is 1. The highest BCUT2D eigenvalue weighted by Gasteiger charge is 2.43. The number of hydrogen-bond acceptors (Lipinski definition) is 4. The Kier molecular flexibility index (Phi) is 2.98. The first-order valence-corrected chi connectivity index (χ1v) is 4.65. The summed E-state index contributed by atoms with van der Waals surface area (Å²) >= 11 is 0. The van der Waals surface area contributed by atoms with Gasteiger partial charge in [0.25, 0.3) is 0 Å². The predicted molar refractivity (Wildman–Crippen MR) is 48.5 cm³/mol. The molecule has 5 heteroatoms. The number of hydrogen-bond donors (Lipinski definition) is 0. The van der Waals surface area contributed by atoms with Crippen molar-refractivity contribution in [1.29, 1.82) is 0 Å². The summed E-state index contributed by atoms with van der Waals surface area (Å²) in [7, 11) is 0. The van der Waals surface area contributed by atoms with E-state index < -0.39 is 10.3 Å². The topological polar surface area (TPSA) is 77.3 Å². The molecule has 0 N–H and O–H groups in total. The molecule has 0 saturated heterocycles. The molecule has 0 aromatic carbocycles. The van der Waals surface area contributed by atoms with Gasteiger partial charge >= 0.3 is 0 Å². The van der Waals surface area contributed by atoms with Crippen LogP contribution in [-0.4, -0.2) is 23.0 Å². The van der Waals surface area contributed by atoms with Crippen molar-refractivity contribution in [2.45, 2.75) is 32.6 Å². The van der Waals surface area contributed by atoms with Crippen molar-refractivity contribution < 1.29 is 14.5 Å². The van der Waals surface area contributed by atoms with E-state index in [-0.39, 0.29) is 24.5 Å². The number of carbonyl (C=O) groups is 2. The Morgan fingerprint density at radius 1 is 1.36 bits per heavy atom. The van der Waals surface area contributed by atoms with Crippen LogP contribution in [0, 0.1) is 15.5 Å². The molecule has 1 rings (SSSR count). The van der Waals surface area contributed by atoms with Crippen LogP contribution in [0.3, 0.4) is 0 Å². The highest BCUT2D eigenvalue weighted by molar-refractivity contribution is 6.08. The summed E-state index contributed by atoms with van der Waals surface area (Å²) < 4.78 is 0. The molecule has 0 bridgehead atoms. The minimum absolute atomic E-state index is 0.0394. The zero-order chi connectivity index (χ0) is 10.8. The van der Waals surface area contributed by atoms with E-state index in [1.165, 1.54) is 6.92 Å². The Balaban J connectivity index is 2.72. The molecule has 0 heterocycles. The summed E-state index contributed by atoms with van der Waals surface area (Å²) in [5, 5.41) is 10.2. The monoisotopic (exact) mass is 199 g/mol. The molecule has 1 aliphatic carbocycles. The quantitative estimate of drug-likeness (QED) is 0.385. The highest BCUT2D eigenvalue weighted by Crippen LogP contribution is 2.32. The Morgan fingerprint density at radius 2 is 1.86 bits per heavy atom. The second kappa shape index (κ2) is 3.86. The first kappa shape index (κ1) is 10.8. The molecule has 0 atom stereocenters. The number of Topliss-reactive ketones (excluding diaryl/α,β-unsaturated/α-hetero) is 2. The first-order chi connectivity index (χ1) is 6.47. The van der Waals surface area contributed by atoms with Crippen molar-refractivity contribution in [1.82, 2.24) is 0 Å². The van der Waals surface area contributed by atoms with Gasteiger partial charge in [-0.15, -0.1) is 0 Å². The summed E-state index contributed by atoms with van der Waals surface area (Å²) in [5.41, 5.74) is -1.09. The van der Waals surface area contributed by atoms with Crippen LogP contribution in [0.2, 0.25) is 0 Å². The van der Waals surface area contributed by atoms with Crippen LogP contribution in [0.4, 0.5) is 0 Å². The largest absolute Gasteiger partial charge is 0.299 e. The lowest BCUT2D eigenvalue weighted by Crippen LogP contribution is -2.41. The van der Waals surface area contributed by atoms with Gasteiger partial charge in [-0.2, -0.15) is 0 Å². The van der Waals surface area contributed by atoms with Crippen LogP contribution >= 0.6 is 0 Å². The van der Waals surface area contributed by atoms with Crippen LogP contribution in [0.25, 0.3) is 0 Å². The molecule has 5 nitrogen and oxygen atoms in total. The third-order valence-corrected chi connectivity index (χ3v) is 2.83. The smallest absolute Gasteiger partial charge is 0.205 e. The van der Waals surface area contributed by atoms with E-state index in [0.717, 1.165) is 0 Å². The van der Waals surface area contributed by atoms with Gasteiger partial charge < -0.3 is 0 Å². The molecule has 0 amide bonds. The van der Waals surface area contributed by atoms with Crippen molar-refractivity contribution in [3.63, 3.8) is 0 Å². The molecule has 0 radical (unpaired) electrons. The van der Waals surface area contributed by atoms with Gasteiger partial charge in [0.2, 0.25) is 6.54 Å². The van der Waals surface area contributed by atoms with Gasteiger partial charge in [-0.1, -0.05) is 0 Å². The fourth-order valence-corrected chi connectivity index (χ4v) is 1.71. The molecule has 78 valence electrons. The maximum atomic E-state index is 11.5. The number of carbonyl (C=O) groups excluding carboxylic acids is 2. The standard InChI is InChI=1S/C9H13NO4/c1-9(5-6-10(13)14)7(11)3-2-4-8(9)12/h2-6H2,1H3. The van der Waals surface area contributed by atoms with Crippen LogP contribution in [-0.2, 0) is 9.59 Å². The van der Waals surface area contributed by atoms with E-state index in [4.69, 9.17) is 0 Å². The number of rotatable bonds is 3. The predicted octanol–water partition coefficient (Wildman–Crippen LogP) is 0.982. The molecule has 0 aliphatic heterocycles.